The number of hydrogen-bond donors (Lipinski definition) is 0. The van der Waals surface area contributed by atoms with Crippen molar-refractivity contribution in [2.24, 2.45) is 0 Å². The van der Waals surface area contributed by atoms with Crippen molar-refractivity contribution in [2.75, 3.05) is 18.1 Å². The smallest absolute Gasteiger partial charge is 0.277 e. The highest BCUT2D eigenvalue weighted by Gasteiger charge is 2.25. The van der Waals surface area contributed by atoms with Crippen LogP contribution in [0.15, 0.2) is 42.6 Å². The standard InChI is InChI=1S/C14H11FN2O2/c15-10-4-5-13-12(9-10)17(7-8-19-13)14(18)11-3-1-2-6-16-11/h1-6,9H,7-8H2. The van der Waals surface area contributed by atoms with Gasteiger partial charge in [-0.15, -0.1) is 0 Å². The monoisotopic (exact) mass is 258 g/mol. The molecule has 2 aromatic rings. The molecule has 2 heterocycles. The summed E-state index contributed by atoms with van der Waals surface area (Å²) in [4.78, 5) is 17.9. The van der Waals surface area contributed by atoms with E-state index in [1.165, 1.54) is 23.1 Å². The van der Waals surface area contributed by atoms with E-state index in [0.29, 0.717) is 30.3 Å². The van der Waals surface area contributed by atoms with E-state index in [2.05, 4.69) is 4.98 Å². The molecule has 0 saturated carbocycles. The molecule has 0 saturated heterocycles. The predicted molar refractivity (Wildman–Crippen MR) is 67.8 cm³/mol. The fraction of sp³-hybridized carbons (Fsp3) is 0.143. The van der Waals surface area contributed by atoms with Gasteiger partial charge < -0.3 is 9.64 Å². The molecule has 1 aromatic carbocycles. The molecule has 0 unspecified atom stereocenters. The number of halogens is 1. The summed E-state index contributed by atoms with van der Waals surface area (Å²) in [6.07, 6.45) is 1.56. The Kier molecular flexibility index (Phi) is 2.87. The fourth-order valence-electron chi connectivity index (χ4n) is 2.03. The molecular weight excluding hydrogens is 247 g/mol. The van der Waals surface area contributed by atoms with Gasteiger partial charge in [-0.1, -0.05) is 6.07 Å². The Morgan fingerprint density at radius 2 is 2.21 bits per heavy atom. The molecule has 1 aliphatic heterocycles. The Labute approximate surface area is 109 Å². The van der Waals surface area contributed by atoms with Crippen molar-refractivity contribution in [3.63, 3.8) is 0 Å². The van der Waals surface area contributed by atoms with Crippen LogP contribution in [-0.2, 0) is 0 Å². The second kappa shape index (κ2) is 4.68. The van der Waals surface area contributed by atoms with E-state index in [-0.39, 0.29) is 5.91 Å². The third-order valence-electron chi connectivity index (χ3n) is 2.91. The van der Waals surface area contributed by atoms with Crippen LogP contribution in [0, 0.1) is 5.82 Å². The quantitative estimate of drug-likeness (QED) is 0.788. The van der Waals surface area contributed by atoms with E-state index in [0.717, 1.165) is 0 Å². The zero-order chi connectivity index (χ0) is 13.2. The molecule has 0 atom stereocenters. The first-order valence-corrected chi connectivity index (χ1v) is 5.91. The summed E-state index contributed by atoms with van der Waals surface area (Å²) in [7, 11) is 0. The molecule has 1 amide bonds. The summed E-state index contributed by atoms with van der Waals surface area (Å²) in [6, 6.07) is 9.26. The molecule has 0 fully saturated rings. The van der Waals surface area contributed by atoms with E-state index >= 15 is 0 Å². The number of pyridine rings is 1. The average Bonchev–Trinajstić information content (AvgIpc) is 2.47. The Bertz CT molecular complexity index is 616. The van der Waals surface area contributed by atoms with Crippen LogP contribution in [0.3, 0.4) is 0 Å². The van der Waals surface area contributed by atoms with E-state index in [9.17, 15) is 9.18 Å². The van der Waals surface area contributed by atoms with Gasteiger partial charge in [0.15, 0.2) is 0 Å². The van der Waals surface area contributed by atoms with Crippen LogP contribution in [0.2, 0.25) is 0 Å². The summed E-state index contributed by atoms with van der Waals surface area (Å²) in [5, 5.41) is 0. The van der Waals surface area contributed by atoms with Crippen LogP contribution in [0.4, 0.5) is 10.1 Å². The molecule has 3 rings (SSSR count). The first-order valence-electron chi connectivity index (χ1n) is 5.91. The maximum Gasteiger partial charge on any atom is 0.277 e. The molecule has 1 aromatic heterocycles. The van der Waals surface area contributed by atoms with Crippen LogP contribution < -0.4 is 9.64 Å². The molecule has 1 aliphatic rings. The lowest BCUT2D eigenvalue weighted by Crippen LogP contribution is -2.38. The van der Waals surface area contributed by atoms with E-state index < -0.39 is 5.82 Å². The van der Waals surface area contributed by atoms with E-state index in [4.69, 9.17) is 4.74 Å². The van der Waals surface area contributed by atoms with Gasteiger partial charge in [0, 0.05) is 12.3 Å². The second-order valence-electron chi connectivity index (χ2n) is 4.13. The van der Waals surface area contributed by atoms with Crippen LogP contribution in [-0.4, -0.2) is 24.0 Å². The first-order chi connectivity index (χ1) is 9.25. The zero-order valence-electron chi connectivity index (χ0n) is 10.0. The Morgan fingerprint density at radius 1 is 1.32 bits per heavy atom. The van der Waals surface area contributed by atoms with Gasteiger partial charge in [-0.3, -0.25) is 9.78 Å². The lowest BCUT2D eigenvalue weighted by molar-refractivity contribution is 0.0972. The predicted octanol–water partition coefficient (Wildman–Crippen LogP) is 2.26. The third kappa shape index (κ3) is 2.14. The van der Waals surface area contributed by atoms with Crippen molar-refractivity contribution < 1.29 is 13.9 Å². The largest absolute Gasteiger partial charge is 0.490 e. The molecule has 0 aliphatic carbocycles. The van der Waals surface area contributed by atoms with Crippen LogP contribution in [0.25, 0.3) is 0 Å². The molecule has 5 heteroatoms. The van der Waals surface area contributed by atoms with Crippen molar-refractivity contribution in [3.8, 4) is 5.75 Å². The second-order valence-corrected chi connectivity index (χ2v) is 4.13. The van der Waals surface area contributed by atoms with Gasteiger partial charge in [-0.05, 0) is 24.3 Å². The number of anilines is 1. The summed E-state index contributed by atoms with van der Waals surface area (Å²) < 4.78 is 18.7. The van der Waals surface area contributed by atoms with Crippen LogP contribution in [0.5, 0.6) is 5.75 Å². The van der Waals surface area contributed by atoms with Crippen molar-refractivity contribution in [2.45, 2.75) is 0 Å². The van der Waals surface area contributed by atoms with Gasteiger partial charge >= 0.3 is 0 Å². The number of hydrogen-bond acceptors (Lipinski definition) is 3. The minimum Gasteiger partial charge on any atom is -0.490 e. The first kappa shape index (κ1) is 11.6. The number of ether oxygens (including phenoxy) is 1. The number of benzene rings is 1. The normalized spacial score (nSPS) is 13.6. The van der Waals surface area contributed by atoms with Crippen molar-refractivity contribution in [1.82, 2.24) is 4.98 Å². The van der Waals surface area contributed by atoms with Crippen molar-refractivity contribution >= 4 is 11.6 Å². The lowest BCUT2D eigenvalue weighted by Gasteiger charge is -2.29. The topological polar surface area (TPSA) is 42.4 Å². The molecule has 96 valence electrons. The highest BCUT2D eigenvalue weighted by molar-refractivity contribution is 6.05. The number of carbonyl (C=O) groups excluding carboxylic acids is 1. The van der Waals surface area contributed by atoms with Crippen LogP contribution in [0.1, 0.15) is 10.5 Å². The molecule has 0 radical (unpaired) electrons. The molecular formula is C14H11FN2O2. The number of aromatic nitrogens is 1. The average molecular weight is 258 g/mol. The molecule has 0 N–H and O–H groups in total. The number of amides is 1. The van der Waals surface area contributed by atoms with Crippen molar-refractivity contribution in [1.29, 1.82) is 0 Å². The number of nitrogens with zero attached hydrogens (tertiary/aromatic N) is 2. The third-order valence-corrected chi connectivity index (χ3v) is 2.91. The molecule has 19 heavy (non-hydrogen) atoms. The molecule has 4 nitrogen and oxygen atoms in total. The molecule has 0 bridgehead atoms. The number of fused-ring (bicyclic) bond motifs is 1. The Morgan fingerprint density at radius 3 is 3.00 bits per heavy atom. The van der Waals surface area contributed by atoms with Crippen LogP contribution >= 0.6 is 0 Å². The summed E-state index contributed by atoms with van der Waals surface area (Å²) in [6.45, 7) is 0.767. The summed E-state index contributed by atoms with van der Waals surface area (Å²) in [5.41, 5.74) is 0.779. The van der Waals surface area contributed by atoms with Gasteiger partial charge in [0.1, 0.15) is 23.9 Å². The fourth-order valence-corrected chi connectivity index (χ4v) is 2.03. The molecule has 0 spiro atoms. The SMILES string of the molecule is O=C(c1ccccn1)N1CCOc2ccc(F)cc21. The lowest BCUT2D eigenvalue weighted by atomic mass is 10.2. The van der Waals surface area contributed by atoms with E-state index in [1.54, 1.807) is 24.4 Å². The van der Waals surface area contributed by atoms with Gasteiger partial charge in [0.25, 0.3) is 5.91 Å². The highest BCUT2D eigenvalue weighted by atomic mass is 19.1. The minimum atomic E-state index is -0.400. The number of carbonyl (C=O) groups is 1. The maximum absolute atomic E-state index is 13.3. The summed E-state index contributed by atoms with van der Waals surface area (Å²) in [5.74, 6) is -0.143. The van der Waals surface area contributed by atoms with Gasteiger partial charge in [-0.25, -0.2) is 4.39 Å². The Hall–Kier alpha value is -2.43. The number of rotatable bonds is 1. The van der Waals surface area contributed by atoms with Crippen molar-refractivity contribution in [3.05, 3.63) is 54.1 Å². The Balaban J connectivity index is 2.00. The minimum absolute atomic E-state index is 0.254. The van der Waals surface area contributed by atoms with E-state index in [1.807, 2.05) is 0 Å². The van der Waals surface area contributed by atoms with Gasteiger partial charge in [0.2, 0.25) is 0 Å². The van der Waals surface area contributed by atoms with Gasteiger partial charge in [0.05, 0.1) is 12.2 Å². The highest BCUT2D eigenvalue weighted by Crippen LogP contribution is 2.32. The van der Waals surface area contributed by atoms with Gasteiger partial charge in [-0.2, -0.15) is 0 Å². The maximum atomic E-state index is 13.3. The summed E-state index contributed by atoms with van der Waals surface area (Å²) >= 11 is 0. The zero-order valence-corrected chi connectivity index (χ0v) is 10.0.